The molecular weight excluding hydrogens is 384 g/mol. The van der Waals surface area contributed by atoms with Crippen molar-refractivity contribution in [1.29, 1.82) is 0 Å². The Hall–Kier alpha value is -2.18. The van der Waals surface area contributed by atoms with Crippen molar-refractivity contribution in [2.45, 2.75) is 39.3 Å². The van der Waals surface area contributed by atoms with Gasteiger partial charge in [0.15, 0.2) is 0 Å². The fourth-order valence-electron chi connectivity index (χ4n) is 3.44. The van der Waals surface area contributed by atoms with Gasteiger partial charge in [-0.3, -0.25) is 14.2 Å². The summed E-state index contributed by atoms with van der Waals surface area (Å²) in [6.07, 6.45) is 4.41. The van der Waals surface area contributed by atoms with Crippen molar-refractivity contribution in [2.24, 2.45) is 5.92 Å². The van der Waals surface area contributed by atoms with Gasteiger partial charge in [0.1, 0.15) is 18.0 Å². The van der Waals surface area contributed by atoms with Gasteiger partial charge in [0.25, 0.3) is 5.56 Å². The summed E-state index contributed by atoms with van der Waals surface area (Å²) in [5.74, 6) is 0.142. The number of rotatable bonds is 4. The highest BCUT2D eigenvalue weighted by atomic mass is 35.5. The second-order valence-electron chi connectivity index (χ2n) is 6.96. The van der Waals surface area contributed by atoms with E-state index in [9.17, 15) is 9.59 Å². The lowest BCUT2D eigenvalue weighted by Crippen LogP contribution is -2.26. The number of halogens is 1. The molecule has 0 radical (unpaired) electrons. The summed E-state index contributed by atoms with van der Waals surface area (Å²) < 4.78 is 6.62. The first-order valence-electron chi connectivity index (χ1n) is 8.91. The number of ether oxygens (including phenoxy) is 1. The Balaban J connectivity index is 1.54. The number of benzene rings is 1. The van der Waals surface area contributed by atoms with Gasteiger partial charge in [-0.05, 0) is 36.8 Å². The molecule has 0 spiro atoms. The zero-order valence-electron chi connectivity index (χ0n) is 14.9. The fraction of sp³-hybridized carbons (Fsp3) is 0.350. The molecule has 0 saturated carbocycles. The summed E-state index contributed by atoms with van der Waals surface area (Å²) in [6, 6.07) is 7.19. The summed E-state index contributed by atoms with van der Waals surface area (Å²) in [5.41, 5.74) is 1.68. The largest absolute Gasteiger partial charge is 0.459 e. The Morgan fingerprint density at radius 2 is 2.22 bits per heavy atom. The van der Waals surface area contributed by atoms with Crippen molar-refractivity contribution in [2.75, 3.05) is 0 Å². The van der Waals surface area contributed by atoms with Crippen molar-refractivity contribution < 1.29 is 9.53 Å². The van der Waals surface area contributed by atoms with E-state index in [0.29, 0.717) is 16.3 Å². The fourth-order valence-corrected chi connectivity index (χ4v) is 4.97. The number of hydrogen-bond donors (Lipinski definition) is 0. The maximum atomic E-state index is 12.9. The third-order valence-electron chi connectivity index (χ3n) is 4.93. The van der Waals surface area contributed by atoms with Gasteiger partial charge in [0.2, 0.25) is 0 Å². The molecule has 0 aliphatic heterocycles. The summed E-state index contributed by atoms with van der Waals surface area (Å²) in [7, 11) is 0. The second-order valence-corrected chi connectivity index (χ2v) is 8.45. The lowest BCUT2D eigenvalue weighted by Gasteiger charge is -2.17. The molecule has 0 fully saturated rings. The molecule has 3 aromatic rings. The summed E-state index contributed by atoms with van der Waals surface area (Å²) in [4.78, 5) is 31.5. The topological polar surface area (TPSA) is 61.2 Å². The van der Waals surface area contributed by atoms with Crippen LogP contribution < -0.4 is 5.56 Å². The van der Waals surface area contributed by atoms with Gasteiger partial charge in [-0.25, -0.2) is 4.98 Å². The predicted molar refractivity (Wildman–Crippen MR) is 106 cm³/mol. The van der Waals surface area contributed by atoms with Crippen LogP contribution in [0.4, 0.5) is 0 Å². The standard InChI is InChI=1S/C20H19ClN2O3S/c1-12-6-7-14-16(8-12)27-19-18(14)20(25)23(11-22-19)9-17(24)26-10-13-4-2-3-5-15(13)21/h2-5,11-12H,6-10H2,1H3. The maximum absolute atomic E-state index is 12.9. The van der Waals surface area contributed by atoms with E-state index in [1.54, 1.807) is 23.5 Å². The van der Waals surface area contributed by atoms with Crippen molar-refractivity contribution in [3.63, 3.8) is 0 Å². The third-order valence-corrected chi connectivity index (χ3v) is 6.46. The van der Waals surface area contributed by atoms with Crippen LogP contribution in [-0.4, -0.2) is 15.5 Å². The molecule has 4 rings (SSSR count). The van der Waals surface area contributed by atoms with Gasteiger partial charge < -0.3 is 4.74 Å². The molecule has 0 N–H and O–H groups in total. The van der Waals surface area contributed by atoms with Crippen LogP contribution in [0.25, 0.3) is 10.2 Å². The Bertz CT molecular complexity index is 1070. The Morgan fingerprint density at radius 1 is 1.41 bits per heavy atom. The molecule has 1 unspecified atom stereocenters. The molecule has 2 heterocycles. The van der Waals surface area contributed by atoms with E-state index in [4.69, 9.17) is 16.3 Å². The summed E-state index contributed by atoms with van der Waals surface area (Å²) in [6.45, 7) is 2.15. The smallest absolute Gasteiger partial charge is 0.326 e. The minimum absolute atomic E-state index is 0.0780. The Kier molecular flexibility index (Phi) is 5.02. The van der Waals surface area contributed by atoms with Crippen LogP contribution in [-0.2, 0) is 35.5 Å². The number of aromatic nitrogens is 2. The van der Waals surface area contributed by atoms with E-state index < -0.39 is 5.97 Å². The van der Waals surface area contributed by atoms with E-state index in [0.717, 1.165) is 35.2 Å². The quantitative estimate of drug-likeness (QED) is 0.619. The molecular formula is C20H19ClN2O3S. The van der Waals surface area contributed by atoms with Crippen molar-refractivity contribution >= 4 is 39.1 Å². The molecule has 27 heavy (non-hydrogen) atoms. The first-order chi connectivity index (χ1) is 13.0. The van der Waals surface area contributed by atoms with Crippen molar-refractivity contribution in [3.8, 4) is 0 Å². The normalized spacial score (nSPS) is 16.3. The Labute approximate surface area is 165 Å². The number of fused-ring (bicyclic) bond motifs is 3. The van der Waals surface area contributed by atoms with E-state index in [1.807, 2.05) is 12.1 Å². The number of hydrogen-bond acceptors (Lipinski definition) is 5. The van der Waals surface area contributed by atoms with Gasteiger partial charge >= 0.3 is 5.97 Å². The van der Waals surface area contributed by atoms with Crippen LogP contribution in [0, 0.1) is 5.92 Å². The van der Waals surface area contributed by atoms with E-state index in [-0.39, 0.29) is 18.7 Å². The van der Waals surface area contributed by atoms with E-state index in [1.165, 1.54) is 15.8 Å². The molecule has 0 amide bonds. The van der Waals surface area contributed by atoms with Gasteiger partial charge in [-0.15, -0.1) is 11.3 Å². The highest BCUT2D eigenvalue weighted by Gasteiger charge is 2.23. The van der Waals surface area contributed by atoms with Crippen molar-refractivity contribution in [3.05, 3.63) is 62.0 Å². The minimum Gasteiger partial charge on any atom is -0.459 e. The van der Waals surface area contributed by atoms with E-state index >= 15 is 0 Å². The molecule has 1 aromatic carbocycles. The molecule has 2 aromatic heterocycles. The van der Waals surface area contributed by atoms with Crippen LogP contribution >= 0.6 is 22.9 Å². The number of carbonyl (C=O) groups is 1. The molecule has 5 nitrogen and oxygen atoms in total. The first kappa shape index (κ1) is 18.2. The molecule has 0 saturated heterocycles. The van der Waals surface area contributed by atoms with Gasteiger partial charge in [0.05, 0.1) is 11.7 Å². The lowest BCUT2D eigenvalue weighted by molar-refractivity contribution is -0.145. The number of esters is 1. The molecule has 1 aliphatic rings. The minimum atomic E-state index is -0.490. The van der Waals surface area contributed by atoms with Crippen LogP contribution in [0.3, 0.4) is 0 Å². The van der Waals surface area contributed by atoms with Gasteiger partial charge in [-0.2, -0.15) is 0 Å². The number of nitrogens with zero attached hydrogens (tertiary/aromatic N) is 2. The average molecular weight is 403 g/mol. The first-order valence-corrected chi connectivity index (χ1v) is 10.1. The van der Waals surface area contributed by atoms with Crippen LogP contribution in [0.5, 0.6) is 0 Å². The van der Waals surface area contributed by atoms with Gasteiger partial charge in [-0.1, -0.05) is 36.7 Å². The van der Waals surface area contributed by atoms with Crippen LogP contribution in [0.1, 0.15) is 29.3 Å². The van der Waals surface area contributed by atoms with Crippen molar-refractivity contribution in [1.82, 2.24) is 9.55 Å². The van der Waals surface area contributed by atoms with Gasteiger partial charge in [0, 0.05) is 15.5 Å². The average Bonchev–Trinajstić information content (AvgIpc) is 3.01. The lowest BCUT2D eigenvalue weighted by atomic mass is 9.89. The second kappa shape index (κ2) is 7.44. The molecule has 140 valence electrons. The van der Waals surface area contributed by atoms with E-state index in [2.05, 4.69) is 11.9 Å². The number of carbonyl (C=O) groups excluding carboxylic acids is 1. The van der Waals surface area contributed by atoms with Crippen LogP contribution in [0.2, 0.25) is 5.02 Å². The zero-order valence-corrected chi connectivity index (χ0v) is 16.5. The zero-order chi connectivity index (χ0) is 19.0. The SMILES string of the molecule is CC1CCc2c(sc3ncn(CC(=O)OCc4ccccc4Cl)c(=O)c23)C1. The molecule has 1 atom stereocenters. The number of aryl methyl sites for hydroxylation is 1. The monoisotopic (exact) mass is 402 g/mol. The molecule has 1 aliphatic carbocycles. The third kappa shape index (κ3) is 3.64. The summed E-state index contributed by atoms with van der Waals surface area (Å²) in [5, 5.41) is 1.22. The predicted octanol–water partition coefficient (Wildman–Crippen LogP) is 3.98. The number of thiophene rings is 1. The maximum Gasteiger partial charge on any atom is 0.326 e. The Morgan fingerprint density at radius 3 is 3.04 bits per heavy atom. The molecule has 0 bridgehead atoms. The highest BCUT2D eigenvalue weighted by molar-refractivity contribution is 7.18. The highest BCUT2D eigenvalue weighted by Crippen LogP contribution is 2.35. The molecule has 7 heteroatoms. The summed E-state index contributed by atoms with van der Waals surface area (Å²) >= 11 is 7.67. The van der Waals surface area contributed by atoms with Crippen LogP contribution in [0.15, 0.2) is 35.4 Å².